The Morgan fingerprint density at radius 1 is 1.53 bits per heavy atom. The Bertz CT molecular complexity index is 417. The van der Waals surface area contributed by atoms with E-state index < -0.39 is 0 Å². The van der Waals surface area contributed by atoms with E-state index in [9.17, 15) is 4.39 Å². The van der Waals surface area contributed by atoms with Crippen LogP contribution in [0.1, 0.15) is 25.3 Å². The number of nitrogens with two attached hydrogens (primary N) is 1. The lowest BCUT2D eigenvalue weighted by atomic mass is 10.1. The fourth-order valence-corrected chi connectivity index (χ4v) is 2.55. The number of anilines is 1. The fourth-order valence-electron chi connectivity index (χ4n) is 2.55. The molecule has 1 heterocycles. The van der Waals surface area contributed by atoms with Gasteiger partial charge in [0.05, 0.1) is 11.8 Å². The van der Waals surface area contributed by atoms with Gasteiger partial charge in [0.2, 0.25) is 0 Å². The zero-order valence-electron chi connectivity index (χ0n) is 11.7. The van der Waals surface area contributed by atoms with Gasteiger partial charge in [-0.15, -0.1) is 0 Å². The molecule has 2 rings (SSSR count). The Labute approximate surface area is 114 Å². The number of ether oxygens (including phenoxy) is 1. The lowest BCUT2D eigenvalue weighted by molar-refractivity contribution is 0.116. The van der Waals surface area contributed by atoms with Gasteiger partial charge in [0.1, 0.15) is 5.82 Å². The van der Waals surface area contributed by atoms with Crippen LogP contribution in [0, 0.1) is 5.82 Å². The van der Waals surface area contributed by atoms with Gasteiger partial charge in [0, 0.05) is 26.2 Å². The van der Waals surface area contributed by atoms with Gasteiger partial charge in [0.25, 0.3) is 0 Å². The van der Waals surface area contributed by atoms with Gasteiger partial charge >= 0.3 is 0 Å². The van der Waals surface area contributed by atoms with Crippen molar-refractivity contribution in [3.05, 3.63) is 29.6 Å². The number of rotatable bonds is 5. The van der Waals surface area contributed by atoms with Crippen LogP contribution in [0.25, 0.3) is 0 Å². The highest BCUT2D eigenvalue weighted by molar-refractivity contribution is 5.48. The summed E-state index contributed by atoms with van der Waals surface area (Å²) in [7, 11) is 1.91. The van der Waals surface area contributed by atoms with Crippen LogP contribution >= 0.6 is 0 Å². The lowest BCUT2D eigenvalue weighted by Gasteiger charge is -2.23. The Balaban J connectivity index is 2.02. The molecule has 3 nitrogen and oxygen atoms in total. The van der Waals surface area contributed by atoms with Gasteiger partial charge in [-0.1, -0.05) is 6.07 Å². The Morgan fingerprint density at radius 2 is 2.32 bits per heavy atom. The highest BCUT2D eigenvalue weighted by Crippen LogP contribution is 2.22. The summed E-state index contributed by atoms with van der Waals surface area (Å²) in [5, 5.41) is 0. The first kappa shape index (κ1) is 14.3. The second kappa shape index (κ2) is 6.35. The lowest BCUT2D eigenvalue weighted by Crippen LogP contribution is -2.29. The quantitative estimate of drug-likeness (QED) is 0.889. The van der Waals surface area contributed by atoms with Crippen molar-refractivity contribution in [2.24, 2.45) is 5.73 Å². The summed E-state index contributed by atoms with van der Waals surface area (Å²) in [6, 6.07) is 5.43. The van der Waals surface area contributed by atoms with E-state index >= 15 is 0 Å². The zero-order chi connectivity index (χ0) is 13.8. The number of halogens is 1. The molecule has 0 bridgehead atoms. The monoisotopic (exact) mass is 266 g/mol. The zero-order valence-corrected chi connectivity index (χ0v) is 11.7. The molecule has 0 aliphatic carbocycles. The van der Waals surface area contributed by atoms with Crippen molar-refractivity contribution in [1.29, 1.82) is 0 Å². The number of nitrogens with zero attached hydrogens (tertiary/aromatic N) is 1. The Morgan fingerprint density at radius 3 is 2.89 bits per heavy atom. The van der Waals surface area contributed by atoms with Gasteiger partial charge in [-0.05, 0) is 43.9 Å². The maximum atomic E-state index is 14.1. The minimum Gasteiger partial charge on any atom is -0.376 e. The van der Waals surface area contributed by atoms with Gasteiger partial charge < -0.3 is 15.4 Å². The molecule has 0 radical (unpaired) electrons. The highest BCUT2D eigenvalue weighted by Gasteiger charge is 2.19. The van der Waals surface area contributed by atoms with Crippen LogP contribution < -0.4 is 10.6 Å². The summed E-state index contributed by atoms with van der Waals surface area (Å²) >= 11 is 0. The summed E-state index contributed by atoms with van der Waals surface area (Å²) in [4.78, 5) is 1.93. The van der Waals surface area contributed by atoms with E-state index in [2.05, 4.69) is 0 Å². The van der Waals surface area contributed by atoms with Gasteiger partial charge in [-0.2, -0.15) is 0 Å². The van der Waals surface area contributed by atoms with Crippen molar-refractivity contribution in [2.75, 3.05) is 25.1 Å². The van der Waals surface area contributed by atoms with Crippen molar-refractivity contribution in [2.45, 2.75) is 38.3 Å². The van der Waals surface area contributed by atoms with Crippen LogP contribution in [0.15, 0.2) is 18.2 Å². The minimum absolute atomic E-state index is 0.0508. The number of benzene rings is 1. The molecular weight excluding hydrogens is 243 g/mol. The van der Waals surface area contributed by atoms with Crippen molar-refractivity contribution in [3.63, 3.8) is 0 Å². The van der Waals surface area contributed by atoms with Crippen molar-refractivity contribution in [3.8, 4) is 0 Å². The van der Waals surface area contributed by atoms with Crippen molar-refractivity contribution < 1.29 is 9.13 Å². The fraction of sp³-hybridized carbons (Fsp3) is 0.600. The predicted octanol–water partition coefficient (Wildman–Crippen LogP) is 2.33. The third-order valence-electron chi connectivity index (χ3n) is 3.48. The molecule has 0 amide bonds. The van der Waals surface area contributed by atoms with E-state index in [1.165, 1.54) is 0 Å². The second-order valence-corrected chi connectivity index (χ2v) is 5.48. The SMILES string of the molecule is CC(N)Cc1ccc(N(C)CC2CCCO2)c(F)c1. The Hall–Kier alpha value is -1.13. The first-order valence-corrected chi connectivity index (χ1v) is 6.93. The molecule has 19 heavy (non-hydrogen) atoms. The topological polar surface area (TPSA) is 38.5 Å². The van der Waals surface area contributed by atoms with Crippen LogP contribution in [-0.4, -0.2) is 32.3 Å². The largest absolute Gasteiger partial charge is 0.376 e. The van der Waals surface area contributed by atoms with E-state index in [4.69, 9.17) is 10.5 Å². The van der Waals surface area contributed by atoms with Gasteiger partial charge in [-0.25, -0.2) is 4.39 Å². The molecule has 1 saturated heterocycles. The smallest absolute Gasteiger partial charge is 0.146 e. The molecule has 1 aliphatic rings. The molecule has 0 saturated carbocycles. The molecule has 1 aliphatic heterocycles. The normalized spacial score (nSPS) is 20.5. The van der Waals surface area contributed by atoms with E-state index in [0.29, 0.717) is 12.1 Å². The average molecular weight is 266 g/mol. The standard InChI is InChI=1S/C15H23FN2O/c1-11(17)8-12-5-6-15(14(16)9-12)18(2)10-13-4-3-7-19-13/h5-6,9,11,13H,3-4,7-8,10,17H2,1-2H3. The molecule has 0 spiro atoms. The molecule has 1 aromatic carbocycles. The van der Waals surface area contributed by atoms with Crippen LogP contribution in [0.4, 0.5) is 10.1 Å². The third-order valence-corrected chi connectivity index (χ3v) is 3.48. The molecule has 2 atom stereocenters. The van der Waals surface area contributed by atoms with Crippen LogP contribution in [0.3, 0.4) is 0 Å². The van der Waals surface area contributed by atoms with E-state index in [0.717, 1.165) is 31.6 Å². The number of hydrogen-bond donors (Lipinski definition) is 1. The van der Waals surface area contributed by atoms with E-state index in [-0.39, 0.29) is 18.0 Å². The maximum absolute atomic E-state index is 14.1. The van der Waals surface area contributed by atoms with Crippen molar-refractivity contribution >= 4 is 5.69 Å². The summed E-state index contributed by atoms with van der Waals surface area (Å²) in [5.74, 6) is -0.182. The average Bonchev–Trinajstić information content (AvgIpc) is 2.80. The number of hydrogen-bond acceptors (Lipinski definition) is 3. The Kier molecular flexibility index (Phi) is 4.77. The molecule has 2 N–H and O–H groups in total. The van der Waals surface area contributed by atoms with Gasteiger partial charge in [0.15, 0.2) is 0 Å². The molecule has 2 unspecified atom stereocenters. The summed E-state index contributed by atoms with van der Waals surface area (Å²) in [6.45, 7) is 3.49. The first-order valence-electron chi connectivity index (χ1n) is 6.93. The summed E-state index contributed by atoms with van der Waals surface area (Å²) in [5.41, 5.74) is 7.31. The molecule has 0 aromatic heterocycles. The second-order valence-electron chi connectivity index (χ2n) is 5.48. The maximum Gasteiger partial charge on any atom is 0.146 e. The predicted molar refractivity (Wildman–Crippen MR) is 76.0 cm³/mol. The molecule has 4 heteroatoms. The summed E-state index contributed by atoms with van der Waals surface area (Å²) < 4.78 is 19.7. The first-order chi connectivity index (χ1) is 9.06. The molecule has 1 aromatic rings. The minimum atomic E-state index is -0.182. The molecular formula is C15H23FN2O. The van der Waals surface area contributed by atoms with Crippen LogP contribution in [0.5, 0.6) is 0 Å². The third kappa shape index (κ3) is 3.91. The van der Waals surface area contributed by atoms with Crippen molar-refractivity contribution in [1.82, 2.24) is 0 Å². The molecule has 1 fully saturated rings. The van der Waals surface area contributed by atoms with Crippen LogP contribution in [0.2, 0.25) is 0 Å². The van der Waals surface area contributed by atoms with Gasteiger partial charge in [-0.3, -0.25) is 0 Å². The molecule has 106 valence electrons. The van der Waals surface area contributed by atoms with Crippen LogP contribution in [-0.2, 0) is 11.2 Å². The van der Waals surface area contributed by atoms with E-state index in [1.807, 2.05) is 31.0 Å². The van der Waals surface area contributed by atoms with E-state index in [1.54, 1.807) is 6.07 Å². The number of likely N-dealkylation sites (N-methyl/N-ethyl adjacent to an activating group) is 1. The summed E-state index contributed by atoms with van der Waals surface area (Å²) in [6.07, 6.45) is 3.10. The highest BCUT2D eigenvalue weighted by atomic mass is 19.1.